The zero-order chi connectivity index (χ0) is 22.6. The number of carbonyl (C=O) groups is 1. The third-order valence-electron chi connectivity index (χ3n) is 5.91. The second kappa shape index (κ2) is 9.25. The Kier molecular flexibility index (Phi) is 5.85. The van der Waals surface area contributed by atoms with Gasteiger partial charge in [0.25, 0.3) is 0 Å². The van der Waals surface area contributed by atoms with Gasteiger partial charge in [-0.1, -0.05) is 31.2 Å². The number of nitrogens with one attached hydrogen (secondary N) is 1. The van der Waals surface area contributed by atoms with Crippen LogP contribution in [0.1, 0.15) is 24.6 Å². The van der Waals surface area contributed by atoms with Gasteiger partial charge in [-0.2, -0.15) is 0 Å². The summed E-state index contributed by atoms with van der Waals surface area (Å²) in [6.45, 7) is 3.53. The molecular formula is C28H26N4O. The maximum atomic E-state index is 12.7. The average Bonchev–Trinajstić information content (AvgIpc) is 3.19. The molecule has 0 aliphatic carbocycles. The first-order chi connectivity index (χ1) is 16.2. The van der Waals surface area contributed by atoms with Crippen LogP contribution in [0.2, 0.25) is 0 Å². The molecule has 164 valence electrons. The lowest BCUT2D eigenvalue weighted by Crippen LogP contribution is -2.24. The molecule has 0 unspecified atom stereocenters. The number of rotatable bonds is 7. The Balaban J connectivity index is 1.46. The smallest absolute Gasteiger partial charge is 0.224 e. The zero-order valence-corrected chi connectivity index (χ0v) is 18.7. The third kappa shape index (κ3) is 4.48. The van der Waals surface area contributed by atoms with Crippen molar-refractivity contribution in [3.63, 3.8) is 0 Å². The first-order valence-corrected chi connectivity index (χ1v) is 11.3. The molecule has 1 N–H and O–H groups in total. The fourth-order valence-electron chi connectivity index (χ4n) is 4.30. The summed E-state index contributed by atoms with van der Waals surface area (Å²) in [5, 5.41) is 5.25. The predicted molar refractivity (Wildman–Crippen MR) is 133 cm³/mol. The molecule has 5 nitrogen and oxygen atoms in total. The summed E-state index contributed by atoms with van der Waals surface area (Å²) in [5.74, 6) is -0.00150. The molecule has 0 radical (unpaired) electrons. The van der Waals surface area contributed by atoms with Crippen molar-refractivity contribution in [3.8, 4) is 11.1 Å². The van der Waals surface area contributed by atoms with Crippen molar-refractivity contribution in [1.29, 1.82) is 0 Å². The maximum Gasteiger partial charge on any atom is 0.224 e. The van der Waals surface area contributed by atoms with Crippen LogP contribution < -0.4 is 5.32 Å². The predicted octanol–water partition coefficient (Wildman–Crippen LogP) is 5.52. The second-order valence-corrected chi connectivity index (χ2v) is 8.27. The van der Waals surface area contributed by atoms with Crippen molar-refractivity contribution in [2.24, 2.45) is 0 Å². The van der Waals surface area contributed by atoms with Crippen molar-refractivity contribution in [2.45, 2.75) is 32.9 Å². The summed E-state index contributed by atoms with van der Waals surface area (Å²) >= 11 is 0. The molecular weight excluding hydrogens is 408 g/mol. The van der Waals surface area contributed by atoms with Crippen LogP contribution in [0.25, 0.3) is 32.9 Å². The van der Waals surface area contributed by atoms with Gasteiger partial charge in [-0.3, -0.25) is 14.8 Å². The van der Waals surface area contributed by atoms with Gasteiger partial charge in [-0.05, 0) is 65.6 Å². The number of carbonyl (C=O) groups excluding carboxylic acids is 1. The van der Waals surface area contributed by atoms with Gasteiger partial charge in [-0.15, -0.1) is 0 Å². The molecule has 33 heavy (non-hydrogen) atoms. The molecule has 0 bridgehead atoms. The van der Waals surface area contributed by atoms with E-state index in [2.05, 4.69) is 75.4 Å². The molecule has 3 heterocycles. The van der Waals surface area contributed by atoms with Crippen molar-refractivity contribution in [2.75, 3.05) is 0 Å². The lowest BCUT2D eigenvalue weighted by atomic mass is 10.00. The Hall–Kier alpha value is -3.99. The van der Waals surface area contributed by atoms with Gasteiger partial charge in [0.2, 0.25) is 5.91 Å². The Morgan fingerprint density at radius 3 is 2.64 bits per heavy atom. The molecule has 0 aliphatic rings. The number of nitrogens with zero attached hydrogens (tertiary/aromatic N) is 3. The maximum absolute atomic E-state index is 12.7. The van der Waals surface area contributed by atoms with Crippen LogP contribution in [0.15, 0.2) is 85.3 Å². The van der Waals surface area contributed by atoms with E-state index >= 15 is 0 Å². The highest BCUT2D eigenvalue weighted by Crippen LogP contribution is 2.30. The van der Waals surface area contributed by atoms with Gasteiger partial charge in [0.05, 0.1) is 24.2 Å². The molecule has 5 aromatic rings. The molecule has 0 aliphatic heterocycles. The molecule has 0 atom stereocenters. The first-order valence-electron chi connectivity index (χ1n) is 11.3. The highest BCUT2D eigenvalue weighted by Gasteiger charge is 2.13. The Morgan fingerprint density at radius 2 is 1.79 bits per heavy atom. The van der Waals surface area contributed by atoms with E-state index in [1.165, 1.54) is 0 Å². The number of amides is 1. The molecule has 3 aromatic heterocycles. The van der Waals surface area contributed by atoms with Crippen molar-refractivity contribution < 1.29 is 4.79 Å². The van der Waals surface area contributed by atoms with Gasteiger partial charge in [0.1, 0.15) is 0 Å². The summed E-state index contributed by atoms with van der Waals surface area (Å²) < 4.78 is 2.25. The fraction of sp³-hybridized carbons (Fsp3) is 0.179. The standard InChI is InChI=1S/C28H26N4O/c1-2-14-32-19-23(17-28(33)31-18-24-7-3-4-12-29-24)25-16-21(9-11-27(25)32)20-8-10-26-22(15-20)6-5-13-30-26/h3-13,15-16,19H,2,14,17-18H2,1H3,(H,31,33). The van der Waals surface area contributed by atoms with Crippen LogP contribution in [0.5, 0.6) is 0 Å². The summed E-state index contributed by atoms with van der Waals surface area (Å²) in [5.41, 5.74) is 6.33. The summed E-state index contributed by atoms with van der Waals surface area (Å²) in [6.07, 6.45) is 7.06. The van der Waals surface area contributed by atoms with Crippen LogP contribution in [0.3, 0.4) is 0 Å². The Labute approximate surface area is 193 Å². The van der Waals surface area contributed by atoms with Crippen molar-refractivity contribution in [1.82, 2.24) is 19.9 Å². The lowest BCUT2D eigenvalue weighted by molar-refractivity contribution is -0.120. The SMILES string of the molecule is CCCn1cc(CC(=O)NCc2ccccn2)c2cc(-c3ccc4ncccc4c3)ccc21. The number of hydrogen-bond acceptors (Lipinski definition) is 3. The van der Waals surface area contributed by atoms with E-state index in [9.17, 15) is 4.79 Å². The number of benzene rings is 2. The van der Waals surface area contributed by atoms with E-state index in [1.54, 1.807) is 6.20 Å². The number of hydrogen-bond donors (Lipinski definition) is 1. The zero-order valence-electron chi connectivity index (χ0n) is 18.7. The molecule has 5 heteroatoms. The monoisotopic (exact) mass is 434 g/mol. The average molecular weight is 435 g/mol. The molecule has 0 spiro atoms. The van der Waals surface area contributed by atoms with Crippen LogP contribution in [0.4, 0.5) is 0 Å². The number of aryl methyl sites for hydroxylation is 1. The minimum Gasteiger partial charge on any atom is -0.350 e. The van der Waals surface area contributed by atoms with E-state index in [-0.39, 0.29) is 5.91 Å². The molecule has 0 fully saturated rings. The van der Waals surface area contributed by atoms with E-state index in [4.69, 9.17) is 0 Å². The Morgan fingerprint density at radius 1 is 0.939 bits per heavy atom. The number of aromatic nitrogens is 3. The van der Waals surface area contributed by atoms with Crippen LogP contribution in [0, 0.1) is 0 Å². The molecule has 1 amide bonds. The highest BCUT2D eigenvalue weighted by molar-refractivity contribution is 5.93. The van der Waals surface area contributed by atoms with Gasteiger partial charge in [0, 0.05) is 41.4 Å². The fourth-order valence-corrected chi connectivity index (χ4v) is 4.30. The van der Waals surface area contributed by atoms with E-state index in [0.29, 0.717) is 13.0 Å². The van der Waals surface area contributed by atoms with E-state index < -0.39 is 0 Å². The topological polar surface area (TPSA) is 59.8 Å². The largest absolute Gasteiger partial charge is 0.350 e. The van der Waals surface area contributed by atoms with Gasteiger partial charge in [-0.25, -0.2) is 0 Å². The van der Waals surface area contributed by atoms with Crippen molar-refractivity contribution in [3.05, 3.63) is 96.6 Å². The quantitative estimate of drug-likeness (QED) is 0.367. The summed E-state index contributed by atoms with van der Waals surface area (Å²) in [4.78, 5) is 21.4. The van der Waals surface area contributed by atoms with Gasteiger partial charge >= 0.3 is 0 Å². The van der Waals surface area contributed by atoms with Gasteiger partial charge < -0.3 is 9.88 Å². The minimum atomic E-state index is -0.00150. The van der Waals surface area contributed by atoms with E-state index in [1.807, 2.05) is 30.5 Å². The van der Waals surface area contributed by atoms with Crippen LogP contribution >= 0.6 is 0 Å². The molecule has 5 rings (SSSR count). The number of pyridine rings is 2. The van der Waals surface area contributed by atoms with Crippen LogP contribution in [-0.4, -0.2) is 20.4 Å². The van der Waals surface area contributed by atoms with Crippen molar-refractivity contribution >= 4 is 27.7 Å². The first kappa shape index (κ1) is 20.9. The molecule has 2 aromatic carbocycles. The lowest BCUT2D eigenvalue weighted by Gasteiger charge is -2.07. The number of fused-ring (bicyclic) bond motifs is 2. The van der Waals surface area contributed by atoms with E-state index in [0.717, 1.165) is 57.2 Å². The summed E-state index contributed by atoms with van der Waals surface area (Å²) in [7, 11) is 0. The minimum absolute atomic E-state index is 0.00150. The highest BCUT2D eigenvalue weighted by atomic mass is 16.1. The Bertz CT molecular complexity index is 1420. The summed E-state index contributed by atoms with van der Waals surface area (Å²) in [6, 6.07) is 22.6. The van der Waals surface area contributed by atoms with Gasteiger partial charge in [0.15, 0.2) is 0 Å². The third-order valence-corrected chi connectivity index (χ3v) is 5.91. The molecule has 0 saturated heterocycles. The second-order valence-electron chi connectivity index (χ2n) is 8.27. The normalized spacial score (nSPS) is 11.2. The van der Waals surface area contributed by atoms with Crippen LogP contribution in [-0.2, 0) is 24.3 Å². The molecule has 0 saturated carbocycles.